The van der Waals surface area contributed by atoms with Gasteiger partial charge in [-0.2, -0.15) is 5.10 Å². The Hall–Kier alpha value is -3.15. The summed E-state index contributed by atoms with van der Waals surface area (Å²) < 4.78 is 1.70. The molecule has 1 aromatic carbocycles. The van der Waals surface area contributed by atoms with Crippen LogP contribution >= 0.6 is 0 Å². The molecule has 0 atom stereocenters. The van der Waals surface area contributed by atoms with E-state index in [-0.39, 0.29) is 5.91 Å². The van der Waals surface area contributed by atoms with Crippen molar-refractivity contribution in [3.63, 3.8) is 0 Å². The van der Waals surface area contributed by atoms with Crippen molar-refractivity contribution >= 4 is 11.7 Å². The third-order valence-corrected chi connectivity index (χ3v) is 5.09. The molecule has 0 saturated carbocycles. The lowest BCUT2D eigenvalue weighted by Crippen LogP contribution is -2.26. The Morgan fingerprint density at radius 2 is 1.82 bits per heavy atom. The number of nitrogens with one attached hydrogen (secondary N) is 1. The third-order valence-electron chi connectivity index (χ3n) is 5.09. The zero-order valence-electron chi connectivity index (χ0n) is 15.9. The Labute approximate surface area is 165 Å². The molecule has 1 aliphatic rings. The second kappa shape index (κ2) is 8.69. The van der Waals surface area contributed by atoms with Gasteiger partial charge in [0.25, 0.3) is 5.91 Å². The molecule has 0 radical (unpaired) electrons. The average molecular weight is 375 g/mol. The van der Waals surface area contributed by atoms with E-state index in [2.05, 4.69) is 26.4 Å². The molecule has 0 spiro atoms. The maximum Gasteiger partial charge on any atom is 0.253 e. The van der Waals surface area contributed by atoms with Gasteiger partial charge in [0.1, 0.15) is 5.82 Å². The molecule has 0 bridgehead atoms. The number of hydrogen-bond donors (Lipinski definition) is 1. The van der Waals surface area contributed by atoms with Crippen LogP contribution in [0, 0.1) is 0 Å². The zero-order valence-corrected chi connectivity index (χ0v) is 15.9. The molecule has 2 aromatic heterocycles. The minimum Gasteiger partial charge on any atom is -0.357 e. The second-order valence-corrected chi connectivity index (χ2v) is 7.08. The van der Waals surface area contributed by atoms with Gasteiger partial charge in [-0.3, -0.25) is 4.79 Å². The summed E-state index contributed by atoms with van der Waals surface area (Å²) in [4.78, 5) is 19.7. The van der Waals surface area contributed by atoms with Gasteiger partial charge < -0.3 is 10.2 Å². The van der Waals surface area contributed by atoms with Crippen LogP contribution in [-0.4, -0.2) is 33.8 Å². The number of anilines is 1. The van der Waals surface area contributed by atoms with Crippen molar-refractivity contribution in [1.29, 1.82) is 0 Å². The van der Waals surface area contributed by atoms with Crippen LogP contribution in [-0.2, 0) is 6.54 Å². The predicted octanol–water partition coefficient (Wildman–Crippen LogP) is 3.58. The number of para-hydroxylation sites is 1. The number of hydrogen-bond acceptors (Lipinski definition) is 4. The number of rotatable bonds is 5. The van der Waals surface area contributed by atoms with E-state index in [0.29, 0.717) is 12.1 Å². The minimum absolute atomic E-state index is 0.123. The molecule has 4 rings (SSSR count). The summed E-state index contributed by atoms with van der Waals surface area (Å²) in [5.41, 5.74) is 2.35. The van der Waals surface area contributed by atoms with Crippen molar-refractivity contribution < 1.29 is 4.79 Å². The number of amides is 1. The summed E-state index contributed by atoms with van der Waals surface area (Å²) in [6.45, 7) is 2.60. The molecule has 3 aromatic rings. The monoisotopic (exact) mass is 375 g/mol. The molecule has 1 fully saturated rings. The number of carbonyl (C=O) groups excluding carboxylic acids is 1. The first-order valence-corrected chi connectivity index (χ1v) is 9.88. The molecule has 0 aliphatic carbocycles. The maximum atomic E-state index is 12.7. The summed E-state index contributed by atoms with van der Waals surface area (Å²) in [5, 5.41) is 7.22. The number of benzene rings is 1. The summed E-state index contributed by atoms with van der Waals surface area (Å²) in [6.07, 6.45) is 10.5. The number of nitrogens with zero attached hydrogens (tertiary/aromatic N) is 4. The van der Waals surface area contributed by atoms with Gasteiger partial charge in [-0.1, -0.05) is 31.0 Å². The molecule has 1 N–H and O–H groups in total. The largest absolute Gasteiger partial charge is 0.357 e. The standard InChI is InChI=1S/C22H25N5O/c28-22(19-8-3-4-9-20(19)27-15-7-12-25-27)24-17-18-10-11-21(23-16-18)26-13-5-1-2-6-14-26/h3-4,7-12,15-16H,1-2,5-6,13-14,17H2,(H,24,28). The van der Waals surface area contributed by atoms with Crippen LogP contribution in [0.1, 0.15) is 41.6 Å². The SMILES string of the molecule is O=C(NCc1ccc(N2CCCCCC2)nc1)c1ccccc1-n1cccn1. The van der Waals surface area contributed by atoms with Crippen LogP contribution in [0.4, 0.5) is 5.82 Å². The number of carbonyl (C=O) groups is 1. The van der Waals surface area contributed by atoms with E-state index >= 15 is 0 Å². The predicted molar refractivity (Wildman–Crippen MR) is 110 cm³/mol. The van der Waals surface area contributed by atoms with E-state index in [1.807, 2.05) is 48.8 Å². The topological polar surface area (TPSA) is 63.1 Å². The molecule has 0 unspecified atom stereocenters. The Kier molecular flexibility index (Phi) is 5.66. The van der Waals surface area contributed by atoms with Crippen LogP contribution in [0.5, 0.6) is 0 Å². The van der Waals surface area contributed by atoms with Gasteiger partial charge in [-0.05, 0) is 42.7 Å². The second-order valence-electron chi connectivity index (χ2n) is 7.08. The Bertz CT molecular complexity index is 897. The van der Waals surface area contributed by atoms with Gasteiger partial charge in [0.15, 0.2) is 0 Å². The normalized spacial score (nSPS) is 14.5. The first-order valence-electron chi connectivity index (χ1n) is 9.88. The zero-order chi connectivity index (χ0) is 19.2. The van der Waals surface area contributed by atoms with E-state index < -0.39 is 0 Å². The molecule has 1 amide bonds. The van der Waals surface area contributed by atoms with Crippen molar-refractivity contribution in [3.8, 4) is 5.69 Å². The van der Waals surface area contributed by atoms with Crippen LogP contribution in [0.3, 0.4) is 0 Å². The van der Waals surface area contributed by atoms with Crippen LogP contribution < -0.4 is 10.2 Å². The van der Waals surface area contributed by atoms with Crippen LogP contribution in [0.2, 0.25) is 0 Å². The van der Waals surface area contributed by atoms with Gasteiger partial charge in [0.05, 0.1) is 11.3 Å². The van der Waals surface area contributed by atoms with Crippen molar-refractivity contribution in [2.45, 2.75) is 32.2 Å². The lowest BCUT2D eigenvalue weighted by molar-refractivity contribution is 0.0950. The Morgan fingerprint density at radius 1 is 1.00 bits per heavy atom. The fourth-order valence-corrected chi connectivity index (χ4v) is 3.56. The van der Waals surface area contributed by atoms with Crippen molar-refractivity contribution in [2.24, 2.45) is 0 Å². The van der Waals surface area contributed by atoms with E-state index in [4.69, 9.17) is 0 Å². The molecule has 1 saturated heterocycles. The summed E-state index contributed by atoms with van der Waals surface area (Å²) in [5.74, 6) is 0.906. The van der Waals surface area contributed by atoms with E-state index in [0.717, 1.165) is 30.2 Å². The lowest BCUT2D eigenvalue weighted by atomic mass is 10.1. The molecular formula is C22H25N5O. The maximum absolute atomic E-state index is 12.7. The van der Waals surface area contributed by atoms with E-state index in [1.165, 1.54) is 25.7 Å². The van der Waals surface area contributed by atoms with Crippen LogP contribution in [0.15, 0.2) is 61.1 Å². The van der Waals surface area contributed by atoms with Gasteiger partial charge >= 0.3 is 0 Å². The molecule has 1 aliphatic heterocycles. The Balaban J connectivity index is 1.40. The van der Waals surface area contributed by atoms with E-state index in [1.54, 1.807) is 10.9 Å². The highest BCUT2D eigenvalue weighted by Gasteiger charge is 2.13. The quantitative estimate of drug-likeness (QED) is 0.740. The van der Waals surface area contributed by atoms with Gasteiger partial charge in [-0.25, -0.2) is 9.67 Å². The van der Waals surface area contributed by atoms with Crippen molar-refractivity contribution in [2.75, 3.05) is 18.0 Å². The van der Waals surface area contributed by atoms with Crippen LogP contribution in [0.25, 0.3) is 5.69 Å². The van der Waals surface area contributed by atoms with Gasteiger partial charge in [0.2, 0.25) is 0 Å². The molecule has 6 nitrogen and oxygen atoms in total. The fourth-order valence-electron chi connectivity index (χ4n) is 3.56. The molecule has 28 heavy (non-hydrogen) atoms. The highest BCUT2D eigenvalue weighted by molar-refractivity contribution is 5.97. The first-order chi connectivity index (χ1) is 13.8. The van der Waals surface area contributed by atoms with Gasteiger partial charge in [-0.15, -0.1) is 0 Å². The summed E-state index contributed by atoms with van der Waals surface area (Å²) >= 11 is 0. The fraction of sp³-hybridized carbons (Fsp3) is 0.318. The van der Waals surface area contributed by atoms with E-state index in [9.17, 15) is 4.79 Å². The highest BCUT2D eigenvalue weighted by atomic mass is 16.1. The molecular weight excluding hydrogens is 350 g/mol. The van der Waals surface area contributed by atoms with Gasteiger partial charge in [0, 0.05) is 38.2 Å². The van der Waals surface area contributed by atoms with Crippen molar-refractivity contribution in [3.05, 3.63) is 72.2 Å². The summed E-state index contributed by atoms with van der Waals surface area (Å²) in [6, 6.07) is 13.4. The first kappa shape index (κ1) is 18.2. The minimum atomic E-state index is -0.123. The molecule has 144 valence electrons. The lowest BCUT2D eigenvalue weighted by Gasteiger charge is -2.21. The molecule has 3 heterocycles. The molecule has 6 heteroatoms. The van der Waals surface area contributed by atoms with Crippen molar-refractivity contribution in [1.82, 2.24) is 20.1 Å². The average Bonchev–Trinajstić information content (AvgIpc) is 3.15. The summed E-state index contributed by atoms with van der Waals surface area (Å²) in [7, 11) is 0. The Morgan fingerprint density at radius 3 is 2.54 bits per heavy atom. The number of pyridine rings is 1. The smallest absolute Gasteiger partial charge is 0.253 e. The highest BCUT2D eigenvalue weighted by Crippen LogP contribution is 2.18. The number of aromatic nitrogens is 3. The third kappa shape index (κ3) is 4.22.